The van der Waals surface area contributed by atoms with Gasteiger partial charge in [-0.05, 0) is 31.5 Å². The lowest BCUT2D eigenvalue weighted by molar-refractivity contribution is -0.133. The van der Waals surface area contributed by atoms with Gasteiger partial charge in [-0.15, -0.1) is 0 Å². The minimum Gasteiger partial charge on any atom is -0.392 e. The van der Waals surface area contributed by atoms with Gasteiger partial charge in [0.2, 0.25) is 5.91 Å². The Kier molecular flexibility index (Phi) is 4.99. The zero-order valence-electron chi connectivity index (χ0n) is 14.9. The van der Waals surface area contributed by atoms with Gasteiger partial charge in [0.15, 0.2) is 0 Å². The number of aromatic nitrogens is 2. The highest BCUT2D eigenvalue weighted by Gasteiger charge is 2.26. The van der Waals surface area contributed by atoms with E-state index in [4.69, 9.17) is 0 Å². The Bertz CT molecular complexity index is 770. The molecule has 2 fully saturated rings. The fourth-order valence-corrected chi connectivity index (χ4v) is 3.88. The number of rotatable bonds is 3. The second kappa shape index (κ2) is 7.55. The minimum absolute atomic E-state index is 0.159. The highest BCUT2D eigenvalue weighted by Crippen LogP contribution is 2.23. The highest BCUT2D eigenvalue weighted by atomic mass is 16.3. The molecule has 0 saturated carbocycles. The molecular formula is C19H25N5O2. The van der Waals surface area contributed by atoms with E-state index in [1.165, 1.54) is 0 Å². The Morgan fingerprint density at radius 3 is 2.73 bits per heavy atom. The Labute approximate surface area is 153 Å². The summed E-state index contributed by atoms with van der Waals surface area (Å²) in [6.45, 7) is 4.87. The Hall–Kier alpha value is -2.25. The van der Waals surface area contributed by atoms with Crippen LogP contribution >= 0.6 is 0 Å². The highest BCUT2D eigenvalue weighted by molar-refractivity contribution is 5.89. The predicted octanol–water partition coefficient (Wildman–Crippen LogP) is 0.735. The normalized spacial score (nSPS) is 22.0. The number of hydrogen-bond acceptors (Lipinski definition) is 6. The number of β-amino-alcohol motifs (C(OH)–C–C–N with tert-alkyl or cyclic N) is 1. The Morgan fingerprint density at radius 2 is 1.92 bits per heavy atom. The van der Waals surface area contributed by atoms with E-state index in [0.717, 1.165) is 49.2 Å². The third-order valence-corrected chi connectivity index (χ3v) is 5.29. The molecule has 0 unspecified atom stereocenters. The van der Waals surface area contributed by atoms with Gasteiger partial charge in [-0.2, -0.15) is 0 Å². The van der Waals surface area contributed by atoms with Crippen molar-refractivity contribution in [2.45, 2.75) is 18.9 Å². The molecule has 7 nitrogen and oxygen atoms in total. The molecule has 7 heteroatoms. The predicted molar refractivity (Wildman–Crippen MR) is 100 cm³/mol. The lowest BCUT2D eigenvalue weighted by Crippen LogP contribution is -2.52. The van der Waals surface area contributed by atoms with Crippen LogP contribution < -0.4 is 4.90 Å². The van der Waals surface area contributed by atoms with E-state index in [9.17, 15) is 9.90 Å². The number of carbonyl (C=O) groups is 1. The van der Waals surface area contributed by atoms with Crippen molar-refractivity contribution in [2.75, 3.05) is 50.7 Å². The summed E-state index contributed by atoms with van der Waals surface area (Å²) in [4.78, 5) is 27.6. The standard InChI is InChI=1S/C19H25N5O2/c25-15-4-3-7-22(12-15)13-18(26)23-8-10-24(11-9-23)19-16-5-1-2-6-17(16)20-14-21-19/h1-2,5-6,14-15,25H,3-4,7-13H2/t15-/m1/s1. The largest absolute Gasteiger partial charge is 0.392 e. The summed E-state index contributed by atoms with van der Waals surface area (Å²) in [5, 5.41) is 10.8. The van der Waals surface area contributed by atoms with Crippen LogP contribution in [0, 0.1) is 0 Å². The zero-order chi connectivity index (χ0) is 17.9. The summed E-state index contributed by atoms with van der Waals surface area (Å²) >= 11 is 0. The first kappa shape index (κ1) is 17.2. The number of aliphatic hydroxyl groups excluding tert-OH is 1. The van der Waals surface area contributed by atoms with E-state index in [0.29, 0.717) is 26.2 Å². The van der Waals surface area contributed by atoms with Gasteiger partial charge in [-0.1, -0.05) is 12.1 Å². The molecule has 2 saturated heterocycles. The molecule has 26 heavy (non-hydrogen) atoms. The van der Waals surface area contributed by atoms with Gasteiger partial charge in [0.25, 0.3) is 0 Å². The van der Waals surface area contributed by atoms with E-state index in [-0.39, 0.29) is 12.0 Å². The van der Waals surface area contributed by atoms with Gasteiger partial charge >= 0.3 is 0 Å². The molecule has 0 spiro atoms. The van der Waals surface area contributed by atoms with E-state index in [1.807, 2.05) is 29.2 Å². The van der Waals surface area contributed by atoms with Gasteiger partial charge in [0.05, 0.1) is 18.2 Å². The van der Waals surface area contributed by atoms with Gasteiger partial charge in [0.1, 0.15) is 12.1 Å². The number of aliphatic hydroxyl groups is 1. The maximum atomic E-state index is 12.6. The molecule has 1 N–H and O–H groups in total. The smallest absolute Gasteiger partial charge is 0.236 e. The summed E-state index contributed by atoms with van der Waals surface area (Å²) < 4.78 is 0. The van der Waals surface area contributed by atoms with Crippen molar-refractivity contribution >= 4 is 22.6 Å². The second-order valence-electron chi connectivity index (χ2n) is 7.11. The molecule has 0 bridgehead atoms. The van der Waals surface area contributed by atoms with E-state index < -0.39 is 0 Å². The first-order valence-corrected chi connectivity index (χ1v) is 9.33. The topological polar surface area (TPSA) is 72.8 Å². The molecule has 1 atom stereocenters. The fraction of sp³-hybridized carbons (Fsp3) is 0.526. The second-order valence-corrected chi connectivity index (χ2v) is 7.11. The van der Waals surface area contributed by atoms with Gasteiger partial charge in [-0.25, -0.2) is 9.97 Å². The number of hydrogen-bond donors (Lipinski definition) is 1. The first-order valence-electron chi connectivity index (χ1n) is 9.33. The Balaban J connectivity index is 1.37. The third kappa shape index (κ3) is 3.64. The van der Waals surface area contributed by atoms with E-state index in [2.05, 4.69) is 19.8 Å². The molecule has 2 aliphatic heterocycles. The molecule has 2 aromatic rings. The van der Waals surface area contributed by atoms with Crippen LogP contribution in [-0.2, 0) is 4.79 Å². The number of carbonyl (C=O) groups excluding carboxylic acids is 1. The SMILES string of the molecule is O=C(CN1CCC[C@@H](O)C1)N1CCN(c2ncnc3ccccc23)CC1. The monoisotopic (exact) mass is 355 g/mol. The van der Waals surface area contributed by atoms with Crippen molar-refractivity contribution in [3.8, 4) is 0 Å². The number of anilines is 1. The van der Waals surface area contributed by atoms with Crippen molar-refractivity contribution < 1.29 is 9.90 Å². The van der Waals surface area contributed by atoms with E-state index >= 15 is 0 Å². The summed E-state index contributed by atoms with van der Waals surface area (Å²) in [5.74, 6) is 1.10. The van der Waals surface area contributed by atoms with Gasteiger partial charge in [-0.3, -0.25) is 9.69 Å². The third-order valence-electron chi connectivity index (χ3n) is 5.29. The molecule has 4 rings (SSSR count). The number of piperazine rings is 1. The number of likely N-dealkylation sites (tertiary alicyclic amines) is 1. The summed E-state index contributed by atoms with van der Waals surface area (Å²) in [5.41, 5.74) is 0.944. The van der Waals surface area contributed by atoms with Crippen molar-refractivity contribution in [1.29, 1.82) is 0 Å². The molecule has 1 aromatic heterocycles. The quantitative estimate of drug-likeness (QED) is 0.875. The molecule has 0 radical (unpaired) electrons. The molecule has 2 aliphatic rings. The van der Waals surface area contributed by atoms with Crippen LogP contribution in [0.25, 0.3) is 10.9 Å². The number of nitrogens with zero attached hydrogens (tertiary/aromatic N) is 5. The van der Waals surface area contributed by atoms with Gasteiger partial charge in [0, 0.05) is 38.1 Å². The lowest BCUT2D eigenvalue weighted by atomic mass is 10.1. The summed E-state index contributed by atoms with van der Waals surface area (Å²) in [6.07, 6.45) is 3.12. The van der Waals surface area contributed by atoms with Crippen LogP contribution in [-0.4, -0.2) is 82.7 Å². The average Bonchev–Trinajstić information content (AvgIpc) is 2.68. The molecule has 1 amide bonds. The van der Waals surface area contributed by atoms with Gasteiger partial charge < -0.3 is 14.9 Å². The van der Waals surface area contributed by atoms with Crippen LogP contribution in [0.15, 0.2) is 30.6 Å². The number of para-hydroxylation sites is 1. The van der Waals surface area contributed by atoms with Crippen LogP contribution in [0.4, 0.5) is 5.82 Å². The maximum absolute atomic E-state index is 12.6. The molecule has 1 aromatic carbocycles. The van der Waals surface area contributed by atoms with Crippen molar-refractivity contribution in [3.63, 3.8) is 0 Å². The number of piperidine rings is 1. The van der Waals surface area contributed by atoms with Crippen LogP contribution in [0.2, 0.25) is 0 Å². The summed E-state index contributed by atoms with van der Waals surface area (Å²) in [7, 11) is 0. The summed E-state index contributed by atoms with van der Waals surface area (Å²) in [6, 6.07) is 8.02. The molecule has 0 aliphatic carbocycles. The Morgan fingerprint density at radius 1 is 1.12 bits per heavy atom. The van der Waals surface area contributed by atoms with Crippen molar-refractivity contribution in [3.05, 3.63) is 30.6 Å². The van der Waals surface area contributed by atoms with Crippen molar-refractivity contribution in [1.82, 2.24) is 19.8 Å². The average molecular weight is 355 g/mol. The van der Waals surface area contributed by atoms with Crippen LogP contribution in [0.5, 0.6) is 0 Å². The molecule has 138 valence electrons. The number of fused-ring (bicyclic) bond motifs is 1. The van der Waals surface area contributed by atoms with Crippen LogP contribution in [0.3, 0.4) is 0 Å². The zero-order valence-corrected chi connectivity index (χ0v) is 14.9. The first-order chi connectivity index (χ1) is 12.7. The van der Waals surface area contributed by atoms with Crippen LogP contribution in [0.1, 0.15) is 12.8 Å². The lowest BCUT2D eigenvalue weighted by Gasteiger charge is -2.37. The van der Waals surface area contributed by atoms with Crippen molar-refractivity contribution in [2.24, 2.45) is 0 Å². The maximum Gasteiger partial charge on any atom is 0.236 e. The minimum atomic E-state index is -0.292. The number of amides is 1. The number of benzene rings is 1. The fourth-order valence-electron chi connectivity index (χ4n) is 3.88. The molecule has 3 heterocycles. The van der Waals surface area contributed by atoms with E-state index in [1.54, 1.807) is 6.33 Å². The molecular weight excluding hydrogens is 330 g/mol.